The van der Waals surface area contributed by atoms with Gasteiger partial charge in [0.1, 0.15) is 23.4 Å². The summed E-state index contributed by atoms with van der Waals surface area (Å²) in [5.41, 5.74) is 3.11. The average molecular weight is 401 g/mol. The van der Waals surface area contributed by atoms with Crippen molar-refractivity contribution in [2.75, 3.05) is 0 Å². The maximum absolute atomic E-state index is 13.2. The maximum Gasteiger partial charge on any atom is 0.293 e. The van der Waals surface area contributed by atoms with Crippen LogP contribution in [0.1, 0.15) is 11.3 Å². The summed E-state index contributed by atoms with van der Waals surface area (Å²) in [6.07, 6.45) is 3.27. The van der Waals surface area contributed by atoms with Crippen LogP contribution in [0.4, 0.5) is 4.39 Å². The number of hydrogen-bond donors (Lipinski definition) is 0. The van der Waals surface area contributed by atoms with Crippen molar-refractivity contribution >= 4 is 5.52 Å². The lowest BCUT2D eigenvalue weighted by Gasteiger charge is -2.01. The highest BCUT2D eigenvalue weighted by atomic mass is 19.1. The van der Waals surface area contributed by atoms with E-state index in [2.05, 4.69) is 20.5 Å². The van der Waals surface area contributed by atoms with Gasteiger partial charge in [-0.3, -0.25) is 4.79 Å². The van der Waals surface area contributed by atoms with E-state index in [1.165, 1.54) is 27.7 Å². The number of hydrogen-bond acceptors (Lipinski definition) is 5. The van der Waals surface area contributed by atoms with Crippen LogP contribution < -0.4 is 5.56 Å². The van der Waals surface area contributed by atoms with Crippen LogP contribution in [0.15, 0.2) is 78.0 Å². The maximum atomic E-state index is 13.2. The Hall–Kier alpha value is -4.14. The minimum atomic E-state index is -0.327. The van der Waals surface area contributed by atoms with Gasteiger partial charge >= 0.3 is 0 Å². The second kappa shape index (κ2) is 7.36. The molecule has 0 N–H and O–H groups in total. The summed E-state index contributed by atoms with van der Waals surface area (Å²) < 4.78 is 17.6. The highest BCUT2D eigenvalue weighted by molar-refractivity contribution is 5.65. The molecular formula is C21H16FN7O. The van der Waals surface area contributed by atoms with Gasteiger partial charge in [0.2, 0.25) is 0 Å². The molecule has 0 amide bonds. The van der Waals surface area contributed by atoms with Gasteiger partial charge in [0.25, 0.3) is 5.56 Å². The van der Waals surface area contributed by atoms with Crippen LogP contribution in [0, 0.1) is 5.82 Å². The molecule has 0 bridgehead atoms. The number of aromatic nitrogens is 7. The van der Waals surface area contributed by atoms with Crippen LogP contribution in [0.25, 0.3) is 16.8 Å². The van der Waals surface area contributed by atoms with E-state index in [0.717, 1.165) is 11.1 Å². The zero-order chi connectivity index (χ0) is 20.5. The van der Waals surface area contributed by atoms with Crippen molar-refractivity contribution in [2.45, 2.75) is 13.1 Å². The predicted octanol–water partition coefficient (Wildman–Crippen LogP) is 2.39. The third-order valence-electron chi connectivity index (χ3n) is 4.71. The Labute approximate surface area is 169 Å². The Kier molecular flexibility index (Phi) is 4.40. The summed E-state index contributed by atoms with van der Waals surface area (Å²) in [6.45, 7) is 0.792. The van der Waals surface area contributed by atoms with Gasteiger partial charge in [-0.05, 0) is 35.9 Å². The fourth-order valence-corrected chi connectivity index (χ4v) is 3.22. The first kappa shape index (κ1) is 17.9. The molecular weight excluding hydrogens is 385 g/mol. The zero-order valence-electron chi connectivity index (χ0n) is 15.8. The van der Waals surface area contributed by atoms with Gasteiger partial charge in [-0.15, -0.1) is 5.10 Å². The van der Waals surface area contributed by atoms with Gasteiger partial charge in [0.05, 0.1) is 25.0 Å². The molecule has 0 spiro atoms. The van der Waals surface area contributed by atoms with Gasteiger partial charge < -0.3 is 0 Å². The highest BCUT2D eigenvalue weighted by Gasteiger charge is 2.12. The second-order valence-electron chi connectivity index (χ2n) is 6.85. The molecule has 0 aliphatic heterocycles. The molecule has 148 valence electrons. The van der Waals surface area contributed by atoms with E-state index in [0.29, 0.717) is 23.4 Å². The van der Waals surface area contributed by atoms with Crippen molar-refractivity contribution < 1.29 is 4.39 Å². The van der Waals surface area contributed by atoms with Crippen LogP contribution in [-0.2, 0) is 13.1 Å². The number of rotatable bonds is 5. The fourth-order valence-electron chi connectivity index (χ4n) is 3.22. The SMILES string of the molecule is O=c1c2cc(-c3ccc(F)cc3)nn2cnn1Cc1cn(Cc2ccccc2)nn1. The van der Waals surface area contributed by atoms with Crippen molar-refractivity contribution in [2.24, 2.45) is 0 Å². The molecule has 0 aliphatic carbocycles. The molecule has 0 saturated carbocycles. The molecule has 0 unspecified atom stereocenters. The Morgan fingerprint density at radius 2 is 1.77 bits per heavy atom. The highest BCUT2D eigenvalue weighted by Crippen LogP contribution is 2.18. The summed E-state index contributed by atoms with van der Waals surface area (Å²) in [7, 11) is 0. The van der Waals surface area contributed by atoms with Crippen molar-refractivity contribution in [3.8, 4) is 11.3 Å². The molecule has 5 aromatic rings. The Bertz CT molecular complexity index is 1370. The van der Waals surface area contributed by atoms with E-state index in [1.807, 2.05) is 30.3 Å². The molecule has 30 heavy (non-hydrogen) atoms. The van der Waals surface area contributed by atoms with E-state index < -0.39 is 0 Å². The van der Waals surface area contributed by atoms with Crippen LogP contribution in [0.2, 0.25) is 0 Å². The third kappa shape index (κ3) is 3.48. The lowest BCUT2D eigenvalue weighted by molar-refractivity contribution is 0.608. The first-order valence-electron chi connectivity index (χ1n) is 9.30. The molecule has 9 heteroatoms. The quantitative estimate of drug-likeness (QED) is 0.452. The van der Waals surface area contributed by atoms with Crippen molar-refractivity contribution in [1.82, 2.24) is 34.4 Å². The number of benzene rings is 2. The molecule has 3 aromatic heterocycles. The van der Waals surface area contributed by atoms with Gasteiger partial charge in [-0.25, -0.2) is 18.3 Å². The Balaban J connectivity index is 1.40. The summed E-state index contributed by atoms with van der Waals surface area (Å²) in [5, 5.41) is 16.8. The zero-order valence-corrected chi connectivity index (χ0v) is 15.8. The molecule has 0 radical (unpaired) electrons. The lowest BCUT2D eigenvalue weighted by Crippen LogP contribution is -2.25. The first-order valence-corrected chi connectivity index (χ1v) is 9.30. The fraction of sp³-hybridized carbons (Fsp3) is 0.0952. The topological polar surface area (TPSA) is 82.9 Å². The number of fused-ring (bicyclic) bond motifs is 1. The standard InChI is InChI=1S/C21H16FN7O/c22-17-8-6-16(7-9-17)19-10-20-21(30)28(23-14-29(20)25-19)13-18-12-27(26-24-18)11-15-4-2-1-3-5-15/h1-10,12,14H,11,13H2. The van der Waals surface area contributed by atoms with E-state index >= 15 is 0 Å². The Morgan fingerprint density at radius 1 is 0.967 bits per heavy atom. The van der Waals surface area contributed by atoms with Crippen LogP contribution in [-0.4, -0.2) is 34.4 Å². The van der Waals surface area contributed by atoms with Gasteiger partial charge in [0, 0.05) is 5.56 Å². The molecule has 0 atom stereocenters. The van der Waals surface area contributed by atoms with Crippen molar-refractivity contribution in [3.05, 3.63) is 101 Å². The van der Waals surface area contributed by atoms with E-state index in [9.17, 15) is 9.18 Å². The number of halogens is 1. The largest absolute Gasteiger partial charge is 0.293 e. The summed E-state index contributed by atoms with van der Waals surface area (Å²) in [4.78, 5) is 12.9. The summed E-state index contributed by atoms with van der Waals surface area (Å²) >= 11 is 0. The first-order chi connectivity index (χ1) is 14.7. The molecule has 3 heterocycles. The van der Waals surface area contributed by atoms with Gasteiger partial charge in [0.15, 0.2) is 0 Å². The second-order valence-corrected chi connectivity index (χ2v) is 6.85. The van der Waals surface area contributed by atoms with E-state index in [4.69, 9.17) is 0 Å². The molecule has 2 aromatic carbocycles. The summed E-state index contributed by atoms with van der Waals surface area (Å²) in [5.74, 6) is -0.327. The van der Waals surface area contributed by atoms with E-state index in [1.54, 1.807) is 29.1 Å². The normalized spacial score (nSPS) is 11.2. The Morgan fingerprint density at radius 3 is 2.57 bits per heavy atom. The minimum absolute atomic E-state index is 0.196. The van der Waals surface area contributed by atoms with Gasteiger partial charge in [-0.1, -0.05) is 35.5 Å². The van der Waals surface area contributed by atoms with Crippen LogP contribution >= 0.6 is 0 Å². The van der Waals surface area contributed by atoms with Crippen molar-refractivity contribution in [3.63, 3.8) is 0 Å². The van der Waals surface area contributed by atoms with Crippen LogP contribution in [0.5, 0.6) is 0 Å². The summed E-state index contributed by atoms with van der Waals surface area (Å²) in [6, 6.07) is 17.5. The molecule has 5 rings (SSSR count). The average Bonchev–Trinajstić information content (AvgIpc) is 3.39. The van der Waals surface area contributed by atoms with E-state index in [-0.39, 0.29) is 17.9 Å². The molecule has 8 nitrogen and oxygen atoms in total. The number of nitrogens with zero attached hydrogens (tertiary/aromatic N) is 7. The smallest absolute Gasteiger partial charge is 0.265 e. The molecule has 0 fully saturated rings. The molecule has 0 saturated heterocycles. The third-order valence-corrected chi connectivity index (χ3v) is 4.71. The lowest BCUT2D eigenvalue weighted by atomic mass is 10.1. The van der Waals surface area contributed by atoms with Gasteiger partial charge in [-0.2, -0.15) is 10.2 Å². The molecule has 0 aliphatic rings. The van der Waals surface area contributed by atoms with Crippen molar-refractivity contribution in [1.29, 1.82) is 0 Å². The minimum Gasteiger partial charge on any atom is -0.265 e. The van der Waals surface area contributed by atoms with Crippen LogP contribution in [0.3, 0.4) is 0 Å². The monoisotopic (exact) mass is 401 g/mol. The predicted molar refractivity (Wildman–Crippen MR) is 107 cm³/mol.